The second-order valence-electron chi connectivity index (χ2n) is 7.74. The molecule has 2 amide bonds. The highest BCUT2D eigenvalue weighted by Gasteiger charge is 2.28. The lowest BCUT2D eigenvalue weighted by Crippen LogP contribution is -2.22. The summed E-state index contributed by atoms with van der Waals surface area (Å²) in [5.74, 6) is -0.313. The highest BCUT2D eigenvalue weighted by atomic mass is 79.9. The van der Waals surface area contributed by atoms with Gasteiger partial charge in [0.25, 0.3) is 11.8 Å². The molecule has 0 spiro atoms. The molecule has 34 heavy (non-hydrogen) atoms. The van der Waals surface area contributed by atoms with Crippen LogP contribution < -0.4 is 10.7 Å². The molecule has 0 radical (unpaired) electrons. The number of fused-ring (bicyclic) bond motifs is 1. The summed E-state index contributed by atoms with van der Waals surface area (Å²) in [5.41, 5.74) is 6.10. The number of nitrogens with one attached hydrogen (secondary N) is 2. The number of carbonyl (C=O) groups excluding carboxylic acids is 3. The maximum absolute atomic E-state index is 12.9. The van der Waals surface area contributed by atoms with Crippen LogP contribution >= 0.6 is 15.9 Å². The molecule has 0 saturated carbocycles. The van der Waals surface area contributed by atoms with Gasteiger partial charge in [-0.15, -0.1) is 0 Å². The molecule has 0 bridgehead atoms. The molecule has 0 aliphatic heterocycles. The van der Waals surface area contributed by atoms with Gasteiger partial charge in [-0.05, 0) is 68.3 Å². The predicted octanol–water partition coefficient (Wildman–Crippen LogP) is 4.86. The van der Waals surface area contributed by atoms with Gasteiger partial charge in [0.15, 0.2) is 5.76 Å². The Bertz CT molecular complexity index is 1280. The first kappa shape index (κ1) is 23.4. The average Bonchev–Trinajstić information content (AvgIpc) is 3.20. The van der Waals surface area contributed by atoms with Crippen molar-refractivity contribution < 1.29 is 23.5 Å². The van der Waals surface area contributed by atoms with Gasteiger partial charge in [-0.25, -0.2) is 10.2 Å². The molecule has 1 aliphatic carbocycles. The van der Waals surface area contributed by atoms with Gasteiger partial charge in [0.1, 0.15) is 5.76 Å². The van der Waals surface area contributed by atoms with E-state index >= 15 is 0 Å². The summed E-state index contributed by atoms with van der Waals surface area (Å²) in [6, 6.07) is 13.4. The Hall–Kier alpha value is -3.72. The van der Waals surface area contributed by atoms with Crippen molar-refractivity contribution in [2.75, 3.05) is 12.4 Å². The topological polar surface area (TPSA) is 110 Å². The van der Waals surface area contributed by atoms with Crippen molar-refractivity contribution in [1.29, 1.82) is 0 Å². The summed E-state index contributed by atoms with van der Waals surface area (Å²) < 4.78 is 11.5. The molecule has 2 aromatic carbocycles. The Kier molecular flexibility index (Phi) is 6.93. The Morgan fingerprint density at radius 3 is 2.32 bits per heavy atom. The van der Waals surface area contributed by atoms with Crippen LogP contribution in [0.3, 0.4) is 0 Å². The van der Waals surface area contributed by atoms with Crippen molar-refractivity contribution in [2.24, 2.45) is 5.10 Å². The maximum atomic E-state index is 12.9. The monoisotopic (exact) mass is 523 g/mol. The number of halogens is 1. The van der Waals surface area contributed by atoms with E-state index in [1.807, 2.05) is 0 Å². The third-order valence-electron chi connectivity index (χ3n) is 5.49. The molecule has 3 aromatic rings. The quantitative estimate of drug-likeness (QED) is 0.366. The average molecular weight is 524 g/mol. The number of hydrazone groups is 1. The van der Waals surface area contributed by atoms with Crippen LogP contribution in [-0.2, 0) is 11.2 Å². The fourth-order valence-corrected chi connectivity index (χ4v) is 4.04. The first-order chi connectivity index (χ1) is 16.4. The number of furan rings is 1. The van der Waals surface area contributed by atoms with Crippen molar-refractivity contribution in [3.63, 3.8) is 0 Å². The second-order valence-corrected chi connectivity index (χ2v) is 8.65. The number of hydrogen-bond acceptors (Lipinski definition) is 6. The van der Waals surface area contributed by atoms with Crippen LogP contribution in [0, 0.1) is 6.92 Å². The van der Waals surface area contributed by atoms with E-state index in [1.54, 1.807) is 55.5 Å². The Morgan fingerprint density at radius 1 is 0.971 bits per heavy atom. The first-order valence-electron chi connectivity index (χ1n) is 10.6. The van der Waals surface area contributed by atoms with Gasteiger partial charge in [-0.1, -0.05) is 15.9 Å². The normalized spacial score (nSPS) is 13.8. The van der Waals surface area contributed by atoms with Crippen LogP contribution in [0.15, 0.2) is 62.5 Å². The van der Waals surface area contributed by atoms with E-state index < -0.39 is 11.9 Å². The third kappa shape index (κ3) is 4.94. The summed E-state index contributed by atoms with van der Waals surface area (Å²) in [7, 11) is 1.31. The summed E-state index contributed by atoms with van der Waals surface area (Å²) in [6.07, 6.45) is 2.13. The van der Waals surface area contributed by atoms with Crippen LogP contribution in [0.1, 0.15) is 61.0 Å². The number of carbonyl (C=O) groups is 3. The molecule has 0 fully saturated rings. The zero-order valence-corrected chi connectivity index (χ0v) is 20.2. The van der Waals surface area contributed by atoms with Crippen LogP contribution in [-0.4, -0.2) is 30.6 Å². The summed E-state index contributed by atoms with van der Waals surface area (Å²) in [5, 5.41) is 7.13. The smallest absolute Gasteiger partial charge is 0.337 e. The zero-order valence-electron chi connectivity index (χ0n) is 18.6. The number of rotatable bonds is 5. The van der Waals surface area contributed by atoms with Crippen LogP contribution in [0.4, 0.5) is 5.69 Å². The van der Waals surface area contributed by atoms with Crippen molar-refractivity contribution >= 4 is 45.1 Å². The van der Waals surface area contributed by atoms with Gasteiger partial charge in [-0.3, -0.25) is 9.59 Å². The van der Waals surface area contributed by atoms with Crippen molar-refractivity contribution in [2.45, 2.75) is 26.2 Å². The lowest BCUT2D eigenvalue weighted by molar-refractivity contribution is 0.0600. The number of ether oxygens (including phenoxy) is 1. The fourth-order valence-electron chi connectivity index (χ4n) is 3.78. The van der Waals surface area contributed by atoms with Gasteiger partial charge in [0.05, 0.1) is 18.4 Å². The number of nitrogens with zero attached hydrogens (tertiary/aromatic N) is 1. The fraction of sp³-hybridized carbons (Fsp3) is 0.200. The van der Waals surface area contributed by atoms with E-state index in [2.05, 4.69) is 36.5 Å². The molecule has 1 aromatic heterocycles. The molecular formula is C25H22BrN3O5. The van der Waals surface area contributed by atoms with Gasteiger partial charge in [0, 0.05) is 33.3 Å². The zero-order chi connectivity index (χ0) is 24.2. The van der Waals surface area contributed by atoms with Gasteiger partial charge < -0.3 is 14.5 Å². The first-order valence-corrected chi connectivity index (χ1v) is 11.4. The number of amides is 2. The summed E-state index contributed by atoms with van der Waals surface area (Å²) >= 11 is 3.35. The highest BCUT2D eigenvalue weighted by Crippen LogP contribution is 2.30. The largest absolute Gasteiger partial charge is 0.465 e. The third-order valence-corrected chi connectivity index (χ3v) is 6.02. The highest BCUT2D eigenvalue weighted by molar-refractivity contribution is 9.10. The minimum Gasteiger partial charge on any atom is -0.465 e. The van der Waals surface area contributed by atoms with Crippen LogP contribution in [0.2, 0.25) is 0 Å². The van der Waals surface area contributed by atoms with E-state index in [0.717, 1.165) is 16.5 Å². The molecule has 1 heterocycles. The van der Waals surface area contributed by atoms with E-state index in [0.29, 0.717) is 46.7 Å². The Labute approximate surface area is 204 Å². The van der Waals surface area contributed by atoms with Crippen molar-refractivity contribution in [1.82, 2.24) is 5.43 Å². The SMILES string of the molecule is COC(=O)c1ccc(NC(=O)c2oc3c(c2C)/C(=N/NC(=O)c2ccc(Br)cc2)CCC3)cc1. The molecule has 9 heteroatoms. The molecule has 8 nitrogen and oxygen atoms in total. The van der Waals surface area contributed by atoms with Crippen molar-refractivity contribution in [3.8, 4) is 0 Å². The molecule has 4 rings (SSSR count). The lowest BCUT2D eigenvalue weighted by atomic mass is 9.93. The maximum Gasteiger partial charge on any atom is 0.337 e. The van der Waals surface area contributed by atoms with E-state index in [9.17, 15) is 14.4 Å². The van der Waals surface area contributed by atoms with E-state index in [4.69, 9.17) is 4.42 Å². The van der Waals surface area contributed by atoms with Gasteiger partial charge in [-0.2, -0.15) is 5.10 Å². The molecular weight excluding hydrogens is 502 g/mol. The molecule has 0 saturated heterocycles. The number of esters is 1. The van der Waals surface area contributed by atoms with E-state index in [-0.39, 0.29) is 11.7 Å². The van der Waals surface area contributed by atoms with Gasteiger partial charge in [0.2, 0.25) is 0 Å². The molecule has 2 N–H and O–H groups in total. The molecule has 0 unspecified atom stereocenters. The van der Waals surface area contributed by atoms with Gasteiger partial charge >= 0.3 is 5.97 Å². The molecule has 174 valence electrons. The standard InChI is InChI=1S/C25H22BrN3O5/c1-14-21-19(28-29-23(30)15-6-10-17(26)11-7-15)4-3-5-20(21)34-22(14)24(31)27-18-12-8-16(9-13-18)25(32)33-2/h6-13H,3-5H2,1-2H3,(H,27,31)(H,29,30)/b28-19+. The number of benzene rings is 2. The lowest BCUT2D eigenvalue weighted by Gasteiger charge is -2.13. The summed E-state index contributed by atoms with van der Waals surface area (Å²) in [6.45, 7) is 1.80. The number of anilines is 1. The van der Waals surface area contributed by atoms with Crippen LogP contribution in [0.25, 0.3) is 0 Å². The predicted molar refractivity (Wildman–Crippen MR) is 130 cm³/mol. The Balaban J connectivity index is 1.52. The minimum absolute atomic E-state index is 0.191. The molecule has 0 atom stereocenters. The van der Waals surface area contributed by atoms with Crippen LogP contribution in [0.5, 0.6) is 0 Å². The summed E-state index contributed by atoms with van der Waals surface area (Å²) in [4.78, 5) is 36.9. The number of hydrogen-bond donors (Lipinski definition) is 2. The van der Waals surface area contributed by atoms with E-state index in [1.165, 1.54) is 7.11 Å². The van der Waals surface area contributed by atoms with Crippen molar-refractivity contribution in [3.05, 3.63) is 86.8 Å². The number of aryl methyl sites for hydroxylation is 1. The minimum atomic E-state index is -0.452. The second kappa shape index (κ2) is 10.0. The Morgan fingerprint density at radius 2 is 1.65 bits per heavy atom. The molecule has 1 aliphatic rings. The number of methoxy groups -OCH3 is 1.